The van der Waals surface area contributed by atoms with E-state index in [1.165, 1.54) is 0 Å². The lowest BCUT2D eigenvalue weighted by molar-refractivity contribution is 0.331. The number of nitriles is 1. The number of benzene rings is 1. The number of fused-ring (bicyclic) bond motifs is 1. The average Bonchev–Trinajstić information content (AvgIpc) is 2.69. The highest BCUT2D eigenvalue weighted by molar-refractivity contribution is 6.34. The number of para-hydroxylation sites is 1. The summed E-state index contributed by atoms with van der Waals surface area (Å²) in [6.45, 7) is 1.90. The first-order chi connectivity index (χ1) is 9.79. The monoisotopic (exact) mass is 285 g/mol. The first-order valence-corrected chi connectivity index (χ1v) is 6.67. The molecule has 0 saturated heterocycles. The third kappa shape index (κ3) is 2.28. The molecule has 3 rings (SSSR count). The van der Waals surface area contributed by atoms with Gasteiger partial charge in [-0.3, -0.25) is 0 Å². The maximum Gasteiger partial charge on any atom is 0.149 e. The Morgan fingerprint density at radius 3 is 3.00 bits per heavy atom. The Bertz CT molecular complexity index is 681. The lowest BCUT2D eigenvalue weighted by atomic mass is 10.2. The van der Waals surface area contributed by atoms with Crippen LogP contribution in [0.15, 0.2) is 36.5 Å². The molecule has 0 saturated carbocycles. The number of pyridine rings is 1. The van der Waals surface area contributed by atoms with Crippen LogP contribution in [-0.4, -0.2) is 18.1 Å². The van der Waals surface area contributed by atoms with Gasteiger partial charge in [-0.05, 0) is 12.1 Å². The minimum atomic E-state index is 0.398. The molecule has 0 amide bonds. The molecule has 4 nitrogen and oxygen atoms in total. The van der Waals surface area contributed by atoms with Gasteiger partial charge in [-0.2, -0.15) is 5.26 Å². The molecular formula is C15H12ClN3O. The summed E-state index contributed by atoms with van der Waals surface area (Å²) in [5.41, 5.74) is 1.53. The third-order valence-electron chi connectivity index (χ3n) is 3.24. The van der Waals surface area contributed by atoms with Crippen LogP contribution < -0.4 is 9.64 Å². The number of ether oxygens (including phenoxy) is 1. The Kier molecular flexibility index (Phi) is 3.44. The van der Waals surface area contributed by atoms with Gasteiger partial charge >= 0.3 is 0 Å². The van der Waals surface area contributed by atoms with Gasteiger partial charge in [-0.15, -0.1) is 0 Å². The van der Waals surface area contributed by atoms with Gasteiger partial charge in [0.15, 0.2) is 0 Å². The van der Waals surface area contributed by atoms with Gasteiger partial charge in [-0.25, -0.2) is 4.98 Å². The van der Waals surface area contributed by atoms with Crippen molar-refractivity contribution in [2.75, 3.05) is 18.1 Å². The van der Waals surface area contributed by atoms with Crippen LogP contribution in [0.25, 0.3) is 0 Å². The highest BCUT2D eigenvalue weighted by Crippen LogP contribution is 2.30. The molecule has 0 unspecified atom stereocenters. The molecular weight excluding hydrogens is 274 g/mol. The second kappa shape index (κ2) is 5.40. The predicted molar refractivity (Wildman–Crippen MR) is 76.9 cm³/mol. The van der Waals surface area contributed by atoms with E-state index in [-0.39, 0.29) is 0 Å². The van der Waals surface area contributed by atoms with E-state index >= 15 is 0 Å². The molecule has 2 aromatic rings. The molecule has 100 valence electrons. The Morgan fingerprint density at radius 2 is 2.15 bits per heavy atom. The van der Waals surface area contributed by atoms with Crippen molar-refractivity contribution in [2.24, 2.45) is 0 Å². The molecule has 1 aliphatic heterocycles. The molecule has 0 aliphatic carbocycles. The zero-order valence-electron chi connectivity index (χ0n) is 10.7. The van der Waals surface area contributed by atoms with Gasteiger partial charge in [0.2, 0.25) is 0 Å². The number of halogens is 1. The van der Waals surface area contributed by atoms with E-state index in [9.17, 15) is 0 Å². The zero-order chi connectivity index (χ0) is 13.9. The number of anilines is 1. The van der Waals surface area contributed by atoms with Crippen molar-refractivity contribution in [3.63, 3.8) is 0 Å². The van der Waals surface area contributed by atoms with Crippen molar-refractivity contribution >= 4 is 17.4 Å². The second-order valence-corrected chi connectivity index (χ2v) is 4.86. The van der Waals surface area contributed by atoms with Gasteiger partial charge in [0.1, 0.15) is 29.3 Å². The van der Waals surface area contributed by atoms with E-state index in [0.717, 1.165) is 11.3 Å². The Morgan fingerprint density at radius 1 is 1.30 bits per heavy atom. The summed E-state index contributed by atoms with van der Waals surface area (Å²) in [5, 5.41) is 9.45. The van der Waals surface area contributed by atoms with Crippen LogP contribution >= 0.6 is 11.6 Å². The van der Waals surface area contributed by atoms with E-state index in [1.54, 1.807) is 12.3 Å². The first-order valence-electron chi connectivity index (χ1n) is 6.30. The van der Waals surface area contributed by atoms with Crippen LogP contribution in [0, 0.1) is 11.3 Å². The summed E-state index contributed by atoms with van der Waals surface area (Å²) in [5.74, 6) is 1.52. The number of hydrogen-bond donors (Lipinski definition) is 0. The van der Waals surface area contributed by atoms with Crippen molar-refractivity contribution in [3.8, 4) is 11.8 Å². The zero-order valence-corrected chi connectivity index (χ0v) is 11.5. The lowest BCUT2D eigenvalue weighted by Gasteiger charge is -2.22. The van der Waals surface area contributed by atoms with Crippen LogP contribution in [0.3, 0.4) is 0 Å². The third-order valence-corrected chi connectivity index (χ3v) is 3.62. The normalized spacial score (nSPS) is 13.9. The van der Waals surface area contributed by atoms with Gasteiger partial charge in [0.25, 0.3) is 0 Å². The van der Waals surface area contributed by atoms with Crippen molar-refractivity contribution in [1.82, 2.24) is 4.98 Å². The van der Waals surface area contributed by atoms with E-state index in [0.29, 0.717) is 36.1 Å². The summed E-state index contributed by atoms with van der Waals surface area (Å²) in [7, 11) is 0. The van der Waals surface area contributed by atoms with Crippen LogP contribution in [0.5, 0.6) is 5.75 Å². The highest BCUT2D eigenvalue weighted by Gasteiger charge is 2.19. The molecule has 0 atom stereocenters. The van der Waals surface area contributed by atoms with Gasteiger partial charge in [0, 0.05) is 18.3 Å². The standard InChI is InChI=1S/C15H12ClN3O/c16-14-11(9-17)5-6-18-15(14)19-7-8-20-13-4-2-1-3-12(13)10-19/h1-6H,7-8,10H2. The molecule has 5 heteroatoms. The van der Waals surface area contributed by atoms with E-state index < -0.39 is 0 Å². The van der Waals surface area contributed by atoms with Crippen molar-refractivity contribution in [3.05, 3.63) is 52.7 Å². The van der Waals surface area contributed by atoms with Gasteiger partial charge in [0.05, 0.1) is 12.1 Å². The highest BCUT2D eigenvalue weighted by atomic mass is 35.5. The average molecular weight is 286 g/mol. The minimum Gasteiger partial charge on any atom is -0.491 e. The number of aromatic nitrogens is 1. The Balaban J connectivity index is 1.98. The molecule has 0 N–H and O–H groups in total. The SMILES string of the molecule is N#Cc1ccnc(N2CCOc3ccccc3C2)c1Cl. The van der Waals surface area contributed by atoms with E-state index in [4.69, 9.17) is 21.6 Å². The quantitative estimate of drug-likeness (QED) is 0.808. The maximum atomic E-state index is 9.05. The van der Waals surface area contributed by atoms with E-state index in [1.807, 2.05) is 29.2 Å². The van der Waals surface area contributed by atoms with Crippen LogP contribution in [0.4, 0.5) is 5.82 Å². The molecule has 1 aromatic carbocycles. The lowest BCUT2D eigenvalue weighted by Crippen LogP contribution is -2.26. The molecule has 2 heterocycles. The van der Waals surface area contributed by atoms with Gasteiger partial charge in [-0.1, -0.05) is 29.8 Å². The molecule has 0 fully saturated rings. The topological polar surface area (TPSA) is 49.2 Å². The Hall–Kier alpha value is -2.25. The minimum absolute atomic E-state index is 0.398. The predicted octanol–water partition coefficient (Wildman–Crippen LogP) is 3.01. The second-order valence-electron chi connectivity index (χ2n) is 4.49. The van der Waals surface area contributed by atoms with Crippen LogP contribution in [0.2, 0.25) is 5.02 Å². The fraction of sp³-hybridized carbons (Fsp3) is 0.200. The summed E-state index contributed by atoms with van der Waals surface area (Å²) >= 11 is 6.26. The summed E-state index contributed by atoms with van der Waals surface area (Å²) in [6.07, 6.45) is 1.61. The maximum absolute atomic E-state index is 9.05. The smallest absolute Gasteiger partial charge is 0.149 e. The number of nitrogens with zero attached hydrogens (tertiary/aromatic N) is 3. The largest absolute Gasteiger partial charge is 0.491 e. The van der Waals surface area contributed by atoms with Gasteiger partial charge < -0.3 is 9.64 Å². The van der Waals surface area contributed by atoms with Crippen molar-refractivity contribution in [1.29, 1.82) is 5.26 Å². The molecule has 0 bridgehead atoms. The fourth-order valence-corrected chi connectivity index (χ4v) is 2.52. The summed E-state index contributed by atoms with van der Waals surface area (Å²) < 4.78 is 5.72. The van der Waals surface area contributed by atoms with E-state index in [2.05, 4.69) is 11.1 Å². The first kappa shape index (κ1) is 12.8. The number of rotatable bonds is 1. The molecule has 0 radical (unpaired) electrons. The molecule has 1 aliphatic rings. The van der Waals surface area contributed by atoms with Crippen molar-refractivity contribution in [2.45, 2.75) is 6.54 Å². The summed E-state index contributed by atoms with van der Waals surface area (Å²) in [6, 6.07) is 11.6. The Labute approximate surface area is 122 Å². The molecule has 0 spiro atoms. The molecule has 20 heavy (non-hydrogen) atoms. The van der Waals surface area contributed by atoms with Crippen LogP contribution in [-0.2, 0) is 6.54 Å². The number of hydrogen-bond acceptors (Lipinski definition) is 4. The molecule has 1 aromatic heterocycles. The fourth-order valence-electron chi connectivity index (χ4n) is 2.25. The van der Waals surface area contributed by atoms with Crippen LogP contribution in [0.1, 0.15) is 11.1 Å². The summed E-state index contributed by atoms with van der Waals surface area (Å²) in [4.78, 5) is 6.35. The van der Waals surface area contributed by atoms with Crippen molar-refractivity contribution < 1.29 is 4.74 Å².